The van der Waals surface area contributed by atoms with Crippen LogP contribution in [0, 0.1) is 5.82 Å². The van der Waals surface area contributed by atoms with Crippen LogP contribution < -0.4 is 15.2 Å². The summed E-state index contributed by atoms with van der Waals surface area (Å²) in [7, 11) is -3.64. The Bertz CT molecular complexity index is 1040. The minimum absolute atomic E-state index is 0.00551. The Labute approximate surface area is 172 Å². The van der Waals surface area contributed by atoms with Crippen molar-refractivity contribution in [3.8, 4) is 0 Å². The molecule has 2 aromatic carbocycles. The molecule has 2 aliphatic heterocycles. The quantitative estimate of drug-likeness (QED) is 0.764. The number of anilines is 2. The van der Waals surface area contributed by atoms with Crippen molar-refractivity contribution in [2.45, 2.75) is 24.6 Å². The molecule has 0 spiro atoms. The standard InChI is InChI=1S/C19H19ClFN3O4S/c20-15-2-1-3-16(21)18(15)19(25)23-13-5-4-12-11-22-24(17(12)10-13)29(26,27)14-6-8-28-9-7-14/h1-5,10,14,22H,6-9,11H2,(H,23,25). The molecule has 0 saturated carbocycles. The van der Waals surface area contributed by atoms with Crippen LogP contribution >= 0.6 is 11.6 Å². The summed E-state index contributed by atoms with van der Waals surface area (Å²) in [5.41, 5.74) is 4.19. The van der Waals surface area contributed by atoms with Crippen LogP contribution in [0.5, 0.6) is 0 Å². The van der Waals surface area contributed by atoms with Crippen LogP contribution in [-0.2, 0) is 21.3 Å². The van der Waals surface area contributed by atoms with Gasteiger partial charge in [0.05, 0.1) is 21.5 Å². The van der Waals surface area contributed by atoms with Crippen LogP contribution in [0.25, 0.3) is 0 Å². The van der Waals surface area contributed by atoms with Gasteiger partial charge in [-0.3, -0.25) is 4.79 Å². The van der Waals surface area contributed by atoms with E-state index in [-0.39, 0.29) is 10.6 Å². The van der Waals surface area contributed by atoms with Crippen molar-refractivity contribution in [2.75, 3.05) is 22.9 Å². The molecule has 0 unspecified atom stereocenters. The first kappa shape index (κ1) is 20.1. The summed E-state index contributed by atoms with van der Waals surface area (Å²) in [6, 6.07) is 8.90. The number of sulfonamides is 1. The molecule has 7 nitrogen and oxygen atoms in total. The number of hydrogen-bond donors (Lipinski definition) is 2. The number of nitrogens with zero attached hydrogens (tertiary/aromatic N) is 1. The molecule has 10 heteroatoms. The minimum Gasteiger partial charge on any atom is -0.381 e. The summed E-state index contributed by atoms with van der Waals surface area (Å²) < 4.78 is 46.5. The molecule has 0 radical (unpaired) electrons. The molecule has 0 aromatic heterocycles. The van der Waals surface area contributed by atoms with Crippen molar-refractivity contribution >= 4 is 38.9 Å². The Morgan fingerprint density at radius 2 is 2.00 bits per heavy atom. The van der Waals surface area contributed by atoms with Gasteiger partial charge in [0.2, 0.25) is 0 Å². The smallest absolute Gasteiger partial charge is 0.260 e. The van der Waals surface area contributed by atoms with Gasteiger partial charge in [0, 0.05) is 25.4 Å². The van der Waals surface area contributed by atoms with Crippen molar-refractivity contribution in [1.82, 2.24) is 5.43 Å². The van der Waals surface area contributed by atoms with Gasteiger partial charge in [0.25, 0.3) is 15.9 Å². The third kappa shape index (κ3) is 3.83. The van der Waals surface area contributed by atoms with Gasteiger partial charge < -0.3 is 10.1 Å². The van der Waals surface area contributed by atoms with E-state index in [4.69, 9.17) is 16.3 Å². The molecule has 0 bridgehead atoms. The Balaban J connectivity index is 1.60. The number of ether oxygens (including phenoxy) is 1. The van der Waals surface area contributed by atoms with Gasteiger partial charge in [-0.25, -0.2) is 22.6 Å². The SMILES string of the molecule is O=C(Nc1ccc2c(c1)N(S(=O)(=O)C1CCOCC1)NC2)c1c(F)cccc1Cl. The zero-order valence-corrected chi connectivity index (χ0v) is 16.9. The molecular formula is C19H19ClFN3O4S. The summed E-state index contributed by atoms with van der Waals surface area (Å²) in [4.78, 5) is 12.5. The highest BCUT2D eigenvalue weighted by Crippen LogP contribution is 2.33. The second-order valence-corrected chi connectivity index (χ2v) is 9.32. The number of carbonyl (C=O) groups excluding carboxylic acids is 1. The highest BCUT2D eigenvalue weighted by Gasteiger charge is 2.37. The van der Waals surface area contributed by atoms with E-state index in [1.165, 1.54) is 16.5 Å². The Hall–Kier alpha value is -2.20. The first-order valence-electron chi connectivity index (χ1n) is 9.11. The molecule has 1 fully saturated rings. The van der Waals surface area contributed by atoms with E-state index in [0.29, 0.717) is 44.0 Å². The Morgan fingerprint density at radius 1 is 1.24 bits per heavy atom. The van der Waals surface area contributed by atoms with Crippen LogP contribution in [0.4, 0.5) is 15.8 Å². The molecule has 2 aliphatic rings. The average Bonchev–Trinajstić information content (AvgIpc) is 3.12. The lowest BCUT2D eigenvalue weighted by atomic mass is 10.1. The van der Waals surface area contributed by atoms with Gasteiger partial charge in [0.1, 0.15) is 5.82 Å². The van der Waals surface area contributed by atoms with Gasteiger partial charge in [-0.1, -0.05) is 23.7 Å². The van der Waals surface area contributed by atoms with Crippen LogP contribution in [0.3, 0.4) is 0 Å². The monoisotopic (exact) mass is 439 g/mol. The molecule has 1 saturated heterocycles. The number of hydrazine groups is 1. The van der Waals surface area contributed by atoms with E-state index in [1.807, 2.05) is 0 Å². The first-order valence-corrected chi connectivity index (χ1v) is 11.0. The fourth-order valence-electron chi connectivity index (χ4n) is 3.48. The third-order valence-corrected chi connectivity index (χ3v) is 7.47. The molecule has 29 heavy (non-hydrogen) atoms. The molecule has 2 heterocycles. The molecule has 2 N–H and O–H groups in total. The fourth-order valence-corrected chi connectivity index (χ4v) is 5.50. The van der Waals surface area contributed by atoms with Gasteiger partial charge in [-0.2, -0.15) is 0 Å². The predicted octanol–water partition coefficient (Wildman–Crippen LogP) is 3.06. The zero-order valence-electron chi connectivity index (χ0n) is 15.3. The van der Waals surface area contributed by atoms with Crippen molar-refractivity contribution in [2.24, 2.45) is 0 Å². The molecule has 154 valence electrons. The Morgan fingerprint density at radius 3 is 2.72 bits per heavy atom. The highest BCUT2D eigenvalue weighted by molar-refractivity contribution is 7.93. The predicted molar refractivity (Wildman–Crippen MR) is 108 cm³/mol. The van der Waals surface area contributed by atoms with E-state index in [2.05, 4.69) is 10.7 Å². The molecule has 2 aromatic rings. The van der Waals surface area contributed by atoms with E-state index >= 15 is 0 Å². The molecule has 0 aliphatic carbocycles. The molecular weight excluding hydrogens is 421 g/mol. The maximum atomic E-state index is 14.0. The van der Waals surface area contributed by atoms with Crippen LogP contribution in [-0.4, -0.2) is 32.8 Å². The summed E-state index contributed by atoms with van der Waals surface area (Å²) in [5, 5.41) is 2.05. The normalized spacial score (nSPS) is 17.2. The van der Waals surface area contributed by atoms with Crippen molar-refractivity contribution in [3.63, 3.8) is 0 Å². The van der Waals surface area contributed by atoms with Gasteiger partial charge in [-0.15, -0.1) is 0 Å². The van der Waals surface area contributed by atoms with E-state index in [1.54, 1.807) is 18.2 Å². The average molecular weight is 440 g/mol. The second-order valence-electron chi connectivity index (χ2n) is 6.85. The van der Waals surface area contributed by atoms with E-state index in [0.717, 1.165) is 11.6 Å². The summed E-state index contributed by atoms with van der Waals surface area (Å²) in [5.74, 6) is -1.45. The van der Waals surface area contributed by atoms with Crippen molar-refractivity contribution < 1.29 is 22.3 Å². The van der Waals surface area contributed by atoms with Gasteiger partial charge >= 0.3 is 0 Å². The number of amides is 1. The number of fused-ring (bicyclic) bond motifs is 1. The number of halogens is 2. The van der Waals surface area contributed by atoms with Crippen LogP contribution in [0.15, 0.2) is 36.4 Å². The molecule has 4 rings (SSSR count). The lowest BCUT2D eigenvalue weighted by Gasteiger charge is -2.28. The van der Waals surface area contributed by atoms with Crippen molar-refractivity contribution in [3.05, 3.63) is 58.4 Å². The minimum atomic E-state index is -3.64. The number of carbonyl (C=O) groups is 1. The largest absolute Gasteiger partial charge is 0.381 e. The lowest BCUT2D eigenvalue weighted by Crippen LogP contribution is -2.45. The maximum absolute atomic E-state index is 14.0. The van der Waals surface area contributed by atoms with Crippen molar-refractivity contribution in [1.29, 1.82) is 0 Å². The number of benzene rings is 2. The van der Waals surface area contributed by atoms with E-state index < -0.39 is 27.0 Å². The number of nitrogens with one attached hydrogen (secondary N) is 2. The molecule has 0 atom stereocenters. The zero-order chi connectivity index (χ0) is 20.6. The summed E-state index contributed by atoms with van der Waals surface area (Å²) >= 11 is 5.94. The Kier molecular flexibility index (Phi) is 5.48. The summed E-state index contributed by atoms with van der Waals surface area (Å²) in [6.45, 7) is 1.17. The maximum Gasteiger partial charge on any atom is 0.260 e. The lowest BCUT2D eigenvalue weighted by molar-refractivity contribution is 0.0982. The first-order chi connectivity index (χ1) is 13.9. The number of hydrogen-bond acceptors (Lipinski definition) is 5. The van der Waals surface area contributed by atoms with Gasteiger partial charge in [0.15, 0.2) is 0 Å². The van der Waals surface area contributed by atoms with Crippen LogP contribution in [0.1, 0.15) is 28.8 Å². The van der Waals surface area contributed by atoms with Gasteiger partial charge in [-0.05, 0) is 42.7 Å². The second kappa shape index (κ2) is 7.91. The number of rotatable bonds is 4. The third-order valence-electron chi connectivity index (χ3n) is 5.01. The van der Waals surface area contributed by atoms with Crippen LogP contribution in [0.2, 0.25) is 5.02 Å². The fraction of sp³-hybridized carbons (Fsp3) is 0.316. The highest BCUT2D eigenvalue weighted by atomic mass is 35.5. The van der Waals surface area contributed by atoms with E-state index in [9.17, 15) is 17.6 Å². The molecule has 1 amide bonds. The summed E-state index contributed by atoms with van der Waals surface area (Å²) in [6.07, 6.45) is 0.857. The topological polar surface area (TPSA) is 87.7 Å².